The fraction of sp³-hybridized carbons (Fsp3) is 0.400. The van der Waals surface area contributed by atoms with Crippen LogP contribution in [0.3, 0.4) is 0 Å². The first kappa shape index (κ1) is 18.8. The van der Waals surface area contributed by atoms with Crippen molar-refractivity contribution in [1.82, 2.24) is 20.2 Å². The van der Waals surface area contributed by atoms with Crippen molar-refractivity contribution in [2.75, 3.05) is 31.1 Å². The van der Waals surface area contributed by atoms with Gasteiger partial charge in [0, 0.05) is 55.7 Å². The average molecular weight is 367 g/mol. The number of hydrogen-bond donors (Lipinski definition) is 1. The Kier molecular flexibility index (Phi) is 6.01. The normalized spacial score (nSPS) is 15.3. The zero-order valence-electron chi connectivity index (χ0n) is 15.8. The van der Waals surface area contributed by atoms with E-state index in [1.807, 2.05) is 18.7 Å². The molecule has 1 aromatic heterocycles. The lowest BCUT2D eigenvalue weighted by atomic mass is 10.1. The minimum Gasteiger partial charge on any atom is -0.350 e. The maximum Gasteiger partial charge on any atom is 0.253 e. The molecule has 1 aliphatic rings. The van der Waals surface area contributed by atoms with Gasteiger partial charge in [-0.05, 0) is 37.6 Å². The smallest absolute Gasteiger partial charge is 0.253 e. The molecule has 0 saturated carbocycles. The molecule has 0 radical (unpaired) electrons. The summed E-state index contributed by atoms with van der Waals surface area (Å²) in [6.07, 6.45) is 4.30. The van der Waals surface area contributed by atoms with Crippen LogP contribution in [0.2, 0.25) is 0 Å². The summed E-state index contributed by atoms with van der Waals surface area (Å²) in [5.74, 6) is 0.486. The van der Waals surface area contributed by atoms with Gasteiger partial charge in [-0.25, -0.2) is 9.97 Å². The summed E-state index contributed by atoms with van der Waals surface area (Å²) in [6, 6.07) is 8.81. The highest BCUT2D eigenvalue weighted by atomic mass is 16.2. The van der Waals surface area contributed by atoms with Crippen LogP contribution in [0.25, 0.3) is 0 Å². The van der Waals surface area contributed by atoms with E-state index in [-0.39, 0.29) is 17.9 Å². The Bertz CT molecular complexity index is 788. The lowest BCUT2D eigenvalue weighted by Crippen LogP contribution is -2.49. The fourth-order valence-corrected chi connectivity index (χ4v) is 2.95. The van der Waals surface area contributed by atoms with E-state index < -0.39 is 0 Å². The molecule has 2 heterocycles. The second-order valence-corrected chi connectivity index (χ2v) is 6.69. The van der Waals surface area contributed by atoms with Crippen LogP contribution in [0.15, 0.2) is 42.7 Å². The number of aromatic nitrogens is 2. The number of carbonyl (C=O) groups is 2. The molecule has 2 aromatic rings. The SMILES string of the molecule is CCC(C)NC(=O)c1cccc(C(=O)N2CCN(c3ncccn3)CC2)c1. The van der Waals surface area contributed by atoms with Crippen molar-refractivity contribution in [2.24, 2.45) is 0 Å². The van der Waals surface area contributed by atoms with Crippen molar-refractivity contribution in [1.29, 1.82) is 0 Å². The minimum absolute atomic E-state index is 0.0539. The molecule has 0 bridgehead atoms. The second kappa shape index (κ2) is 8.62. The van der Waals surface area contributed by atoms with Gasteiger partial charge in [0.1, 0.15) is 0 Å². The van der Waals surface area contributed by atoms with Crippen molar-refractivity contribution in [3.8, 4) is 0 Å². The predicted octanol–water partition coefficient (Wildman–Crippen LogP) is 1.97. The number of piperazine rings is 1. The molecule has 0 spiro atoms. The van der Waals surface area contributed by atoms with Crippen molar-refractivity contribution >= 4 is 17.8 Å². The van der Waals surface area contributed by atoms with Gasteiger partial charge in [0.05, 0.1) is 0 Å². The Balaban J connectivity index is 1.63. The molecule has 0 aliphatic carbocycles. The maximum absolute atomic E-state index is 12.8. The minimum atomic E-state index is -0.148. The Hall–Kier alpha value is -2.96. The third kappa shape index (κ3) is 4.61. The van der Waals surface area contributed by atoms with Gasteiger partial charge in [0.2, 0.25) is 5.95 Å². The van der Waals surface area contributed by atoms with Gasteiger partial charge in [0.25, 0.3) is 11.8 Å². The van der Waals surface area contributed by atoms with E-state index >= 15 is 0 Å². The van der Waals surface area contributed by atoms with E-state index in [1.165, 1.54) is 0 Å². The fourth-order valence-electron chi connectivity index (χ4n) is 2.95. The molecule has 7 heteroatoms. The Morgan fingerprint density at radius 1 is 1.07 bits per heavy atom. The number of anilines is 1. The lowest BCUT2D eigenvalue weighted by Gasteiger charge is -2.34. The standard InChI is InChI=1S/C20H25N5O2/c1-3-15(2)23-18(26)16-6-4-7-17(14-16)19(27)24-10-12-25(13-11-24)20-21-8-5-9-22-20/h4-9,14-15H,3,10-13H2,1-2H3,(H,23,26). The van der Waals surface area contributed by atoms with Crippen LogP contribution < -0.4 is 10.2 Å². The predicted molar refractivity (Wildman–Crippen MR) is 104 cm³/mol. The first-order valence-electron chi connectivity index (χ1n) is 9.30. The van der Waals surface area contributed by atoms with Crippen LogP contribution in [0.4, 0.5) is 5.95 Å². The zero-order valence-corrected chi connectivity index (χ0v) is 15.8. The highest BCUT2D eigenvalue weighted by molar-refractivity contribution is 5.99. The van der Waals surface area contributed by atoms with Gasteiger partial charge in [-0.3, -0.25) is 9.59 Å². The third-order valence-electron chi connectivity index (χ3n) is 4.76. The average Bonchev–Trinajstić information content (AvgIpc) is 2.74. The lowest BCUT2D eigenvalue weighted by molar-refractivity contribution is 0.0746. The van der Waals surface area contributed by atoms with Gasteiger partial charge in [-0.1, -0.05) is 13.0 Å². The van der Waals surface area contributed by atoms with E-state index in [2.05, 4.69) is 20.2 Å². The highest BCUT2D eigenvalue weighted by Gasteiger charge is 2.24. The van der Waals surface area contributed by atoms with Gasteiger partial charge in [-0.2, -0.15) is 0 Å². The molecule has 27 heavy (non-hydrogen) atoms. The molecule has 1 atom stereocenters. The first-order chi connectivity index (χ1) is 13.1. The molecule has 1 saturated heterocycles. The summed E-state index contributed by atoms with van der Waals surface area (Å²) in [4.78, 5) is 37.5. The molecule has 7 nitrogen and oxygen atoms in total. The van der Waals surface area contributed by atoms with Crippen molar-refractivity contribution in [3.05, 3.63) is 53.9 Å². The first-order valence-corrected chi connectivity index (χ1v) is 9.30. The molecule has 2 amide bonds. The number of benzene rings is 1. The zero-order chi connectivity index (χ0) is 19.2. The quantitative estimate of drug-likeness (QED) is 0.874. The number of nitrogens with one attached hydrogen (secondary N) is 1. The molecule has 1 N–H and O–H groups in total. The highest BCUT2D eigenvalue weighted by Crippen LogP contribution is 2.14. The van der Waals surface area contributed by atoms with Gasteiger partial charge >= 0.3 is 0 Å². The number of nitrogens with zero attached hydrogens (tertiary/aromatic N) is 4. The van der Waals surface area contributed by atoms with E-state index in [9.17, 15) is 9.59 Å². The van der Waals surface area contributed by atoms with Crippen molar-refractivity contribution in [2.45, 2.75) is 26.3 Å². The van der Waals surface area contributed by atoms with Crippen LogP contribution in [0.1, 0.15) is 41.0 Å². The maximum atomic E-state index is 12.8. The van der Waals surface area contributed by atoms with E-state index in [4.69, 9.17) is 0 Å². The van der Waals surface area contributed by atoms with Crippen LogP contribution in [-0.4, -0.2) is 58.9 Å². The summed E-state index contributed by atoms with van der Waals surface area (Å²) < 4.78 is 0. The summed E-state index contributed by atoms with van der Waals surface area (Å²) in [6.45, 7) is 6.54. The van der Waals surface area contributed by atoms with Crippen LogP contribution in [0.5, 0.6) is 0 Å². The summed E-state index contributed by atoms with van der Waals surface area (Å²) in [5.41, 5.74) is 1.05. The van der Waals surface area contributed by atoms with Gasteiger partial charge < -0.3 is 15.1 Å². The molecule has 1 aliphatic heterocycles. The van der Waals surface area contributed by atoms with Crippen LogP contribution >= 0.6 is 0 Å². The number of rotatable bonds is 5. The number of carbonyl (C=O) groups excluding carboxylic acids is 2. The van der Waals surface area contributed by atoms with E-state index in [1.54, 1.807) is 42.7 Å². The topological polar surface area (TPSA) is 78.4 Å². The molecular formula is C20H25N5O2. The van der Waals surface area contributed by atoms with Crippen molar-refractivity contribution < 1.29 is 9.59 Å². The van der Waals surface area contributed by atoms with Crippen LogP contribution in [-0.2, 0) is 0 Å². The summed E-state index contributed by atoms with van der Waals surface area (Å²) >= 11 is 0. The van der Waals surface area contributed by atoms with E-state index in [0.29, 0.717) is 43.3 Å². The molecule has 1 fully saturated rings. The van der Waals surface area contributed by atoms with Crippen LogP contribution in [0, 0.1) is 0 Å². The molecule has 1 aromatic carbocycles. The van der Waals surface area contributed by atoms with Crippen molar-refractivity contribution in [3.63, 3.8) is 0 Å². The largest absolute Gasteiger partial charge is 0.350 e. The molecule has 1 unspecified atom stereocenters. The number of amides is 2. The Morgan fingerprint density at radius 3 is 2.41 bits per heavy atom. The Morgan fingerprint density at radius 2 is 1.74 bits per heavy atom. The summed E-state index contributed by atoms with van der Waals surface area (Å²) in [5, 5.41) is 2.93. The van der Waals surface area contributed by atoms with Gasteiger partial charge in [-0.15, -0.1) is 0 Å². The summed E-state index contributed by atoms with van der Waals surface area (Å²) in [7, 11) is 0. The molecule has 142 valence electrons. The second-order valence-electron chi connectivity index (χ2n) is 6.69. The third-order valence-corrected chi connectivity index (χ3v) is 4.76. The number of hydrogen-bond acceptors (Lipinski definition) is 5. The monoisotopic (exact) mass is 367 g/mol. The Labute approximate surface area is 159 Å². The molecule has 3 rings (SSSR count). The van der Waals surface area contributed by atoms with Gasteiger partial charge in [0.15, 0.2) is 0 Å². The van der Waals surface area contributed by atoms with E-state index in [0.717, 1.165) is 6.42 Å². The molecular weight excluding hydrogens is 342 g/mol.